The maximum atomic E-state index is 13.1. The van der Waals surface area contributed by atoms with Gasteiger partial charge in [0, 0.05) is 19.2 Å². The molecule has 1 aromatic heterocycles. The summed E-state index contributed by atoms with van der Waals surface area (Å²) in [4.78, 5) is 11.8. The van der Waals surface area contributed by atoms with Gasteiger partial charge in [-0.05, 0) is 42.5 Å². The van der Waals surface area contributed by atoms with E-state index in [4.69, 9.17) is 4.42 Å². The molecule has 1 N–H and O–H groups in total. The van der Waals surface area contributed by atoms with E-state index in [1.807, 2.05) is 48.5 Å². The van der Waals surface area contributed by atoms with Crippen LogP contribution in [0.4, 0.5) is 0 Å². The first-order valence-electron chi connectivity index (χ1n) is 10.1. The van der Waals surface area contributed by atoms with Gasteiger partial charge < -0.3 is 4.42 Å². The number of nitrogens with one attached hydrogen (secondary N) is 1. The van der Waals surface area contributed by atoms with Crippen LogP contribution in [0.15, 0.2) is 93.0 Å². The van der Waals surface area contributed by atoms with Crippen LogP contribution in [0.25, 0.3) is 11.1 Å². The van der Waals surface area contributed by atoms with Gasteiger partial charge >= 0.3 is 5.76 Å². The fourth-order valence-electron chi connectivity index (χ4n) is 3.67. The standard InChI is InChI=1S/C24H24N2O4S/c1-26-22-16-15-20(17-23(22)30-24(26)27)31(28,29)25-21(19-12-6-3-7-13-19)14-8-11-18-9-4-2-5-10-18/h2-7,9-10,12-13,15-17,21,25H,8,11,14H2,1H3. The van der Waals surface area contributed by atoms with E-state index >= 15 is 0 Å². The first-order chi connectivity index (χ1) is 14.9. The molecule has 0 saturated heterocycles. The van der Waals surface area contributed by atoms with Crippen molar-refractivity contribution in [1.29, 1.82) is 0 Å². The molecule has 0 saturated carbocycles. The van der Waals surface area contributed by atoms with Crippen LogP contribution >= 0.6 is 0 Å². The third-order valence-electron chi connectivity index (χ3n) is 5.37. The van der Waals surface area contributed by atoms with E-state index in [-0.39, 0.29) is 16.5 Å². The molecule has 4 aromatic rings. The van der Waals surface area contributed by atoms with Crippen LogP contribution in [0.5, 0.6) is 0 Å². The van der Waals surface area contributed by atoms with Gasteiger partial charge in [0.05, 0.1) is 10.4 Å². The average Bonchev–Trinajstić information content (AvgIpc) is 3.07. The molecule has 0 bridgehead atoms. The Morgan fingerprint density at radius 2 is 1.65 bits per heavy atom. The molecule has 1 heterocycles. The van der Waals surface area contributed by atoms with E-state index in [2.05, 4.69) is 16.9 Å². The van der Waals surface area contributed by atoms with Gasteiger partial charge in [-0.25, -0.2) is 17.9 Å². The number of rotatable bonds is 8. The Morgan fingerprint density at radius 1 is 0.968 bits per heavy atom. The SMILES string of the molecule is Cn1c(=O)oc2cc(S(=O)(=O)NC(CCCc3ccccc3)c3ccccc3)ccc21. The summed E-state index contributed by atoms with van der Waals surface area (Å²) in [5.41, 5.74) is 2.93. The van der Waals surface area contributed by atoms with Gasteiger partial charge in [-0.15, -0.1) is 0 Å². The smallest absolute Gasteiger partial charge is 0.408 e. The van der Waals surface area contributed by atoms with Gasteiger partial charge in [-0.1, -0.05) is 60.7 Å². The second kappa shape index (κ2) is 8.91. The van der Waals surface area contributed by atoms with E-state index < -0.39 is 15.8 Å². The molecular weight excluding hydrogens is 412 g/mol. The van der Waals surface area contributed by atoms with Crippen molar-refractivity contribution in [1.82, 2.24) is 9.29 Å². The van der Waals surface area contributed by atoms with Crippen LogP contribution in [-0.4, -0.2) is 13.0 Å². The predicted molar refractivity (Wildman–Crippen MR) is 120 cm³/mol. The quantitative estimate of drug-likeness (QED) is 0.449. The summed E-state index contributed by atoms with van der Waals surface area (Å²) in [5, 5.41) is 0. The van der Waals surface area contributed by atoms with Gasteiger partial charge in [0.2, 0.25) is 10.0 Å². The third-order valence-corrected chi connectivity index (χ3v) is 6.84. The minimum Gasteiger partial charge on any atom is -0.408 e. The minimum atomic E-state index is -3.82. The van der Waals surface area contributed by atoms with Crippen molar-refractivity contribution in [3.63, 3.8) is 0 Å². The van der Waals surface area contributed by atoms with Crippen molar-refractivity contribution in [3.05, 3.63) is 101 Å². The molecule has 31 heavy (non-hydrogen) atoms. The molecule has 0 amide bonds. The van der Waals surface area contributed by atoms with Crippen LogP contribution in [0, 0.1) is 0 Å². The van der Waals surface area contributed by atoms with Crippen molar-refractivity contribution >= 4 is 21.1 Å². The van der Waals surface area contributed by atoms with Crippen molar-refractivity contribution in [2.75, 3.05) is 0 Å². The van der Waals surface area contributed by atoms with Crippen LogP contribution in [-0.2, 0) is 23.5 Å². The highest BCUT2D eigenvalue weighted by Crippen LogP contribution is 2.24. The summed E-state index contributed by atoms with van der Waals surface area (Å²) in [6.07, 6.45) is 2.35. The number of benzene rings is 3. The number of aryl methyl sites for hydroxylation is 2. The van der Waals surface area contributed by atoms with Gasteiger partial charge in [0.1, 0.15) is 0 Å². The Kier molecular flexibility index (Phi) is 6.06. The highest BCUT2D eigenvalue weighted by molar-refractivity contribution is 7.89. The molecule has 4 rings (SSSR count). The zero-order chi connectivity index (χ0) is 21.8. The fraction of sp³-hybridized carbons (Fsp3) is 0.208. The summed E-state index contributed by atoms with van der Waals surface area (Å²) in [6.45, 7) is 0. The number of fused-ring (bicyclic) bond motifs is 1. The lowest BCUT2D eigenvalue weighted by molar-refractivity contribution is 0.523. The first kappa shape index (κ1) is 21.1. The molecule has 0 fully saturated rings. The molecule has 160 valence electrons. The van der Waals surface area contributed by atoms with E-state index in [0.29, 0.717) is 11.9 Å². The molecule has 1 unspecified atom stereocenters. The highest BCUT2D eigenvalue weighted by atomic mass is 32.2. The number of hydrogen-bond acceptors (Lipinski definition) is 4. The fourth-order valence-corrected chi connectivity index (χ4v) is 4.94. The van der Waals surface area contributed by atoms with Crippen LogP contribution < -0.4 is 10.5 Å². The second-order valence-corrected chi connectivity index (χ2v) is 9.23. The molecule has 1 atom stereocenters. The molecule has 0 aliphatic rings. The number of aromatic nitrogens is 1. The average molecular weight is 437 g/mol. The number of hydrogen-bond donors (Lipinski definition) is 1. The second-order valence-electron chi connectivity index (χ2n) is 7.52. The van der Waals surface area contributed by atoms with Gasteiger partial charge in [0.15, 0.2) is 5.58 Å². The van der Waals surface area contributed by atoms with Gasteiger partial charge in [0.25, 0.3) is 0 Å². The predicted octanol–water partition coefficient (Wildman–Crippen LogP) is 4.17. The van der Waals surface area contributed by atoms with Crippen molar-refractivity contribution < 1.29 is 12.8 Å². The van der Waals surface area contributed by atoms with Gasteiger partial charge in [-0.2, -0.15) is 0 Å². The summed E-state index contributed by atoms with van der Waals surface area (Å²) < 4.78 is 35.6. The number of sulfonamides is 1. The zero-order valence-corrected chi connectivity index (χ0v) is 18.0. The summed E-state index contributed by atoms with van der Waals surface area (Å²) in [6, 6.07) is 23.8. The molecule has 0 spiro atoms. The van der Waals surface area contributed by atoms with Crippen molar-refractivity contribution in [2.24, 2.45) is 7.05 Å². The largest absolute Gasteiger partial charge is 0.419 e. The number of nitrogens with zero attached hydrogens (tertiary/aromatic N) is 1. The zero-order valence-electron chi connectivity index (χ0n) is 17.2. The Bertz CT molecular complexity index is 1330. The maximum absolute atomic E-state index is 13.1. The van der Waals surface area contributed by atoms with E-state index in [1.54, 1.807) is 13.1 Å². The minimum absolute atomic E-state index is 0.0679. The van der Waals surface area contributed by atoms with Crippen LogP contribution in [0.1, 0.15) is 30.0 Å². The summed E-state index contributed by atoms with van der Waals surface area (Å²) >= 11 is 0. The lowest BCUT2D eigenvalue weighted by Gasteiger charge is -2.19. The molecule has 6 nitrogen and oxygen atoms in total. The topological polar surface area (TPSA) is 81.3 Å². The normalized spacial score (nSPS) is 12.8. The monoisotopic (exact) mass is 436 g/mol. The highest BCUT2D eigenvalue weighted by Gasteiger charge is 2.22. The van der Waals surface area contributed by atoms with Crippen molar-refractivity contribution in [2.45, 2.75) is 30.2 Å². The van der Waals surface area contributed by atoms with Crippen LogP contribution in [0.3, 0.4) is 0 Å². The Hall–Kier alpha value is -3.16. The lowest BCUT2D eigenvalue weighted by Crippen LogP contribution is -2.28. The molecule has 0 radical (unpaired) electrons. The first-order valence-corrected chi connectivity index (χ1v) is 11.6. The summed E-state index contributed by atoms with van der Waals surface area (Å²) in [5.74, 6) is -0.527. The summed E-state index contributed by atoms with van der Waals surface area (Å²) in [7, 11) is -2.24. The lowest BCUT2D eigenvalue weighted by atomic mass is 10.00. The molecule has 7 heteroatoms. The van der Waals surface area contributed by atoms with E-state index in [9.17, 15) is 13.2 Å². The Labute approximate surface area is 181 Å². The van der Waals surface area contributed by atoms with E-state index in [0.717, 1.165) is 18.4 Å². The van der Waals surface area contributed by atoms with Crippen molar-refractivity contribution in [3.8, 4) is 0 Å². The molecule has 0 aliphatic carbocycles. The third kappa shape index (κ3) is 4.78. The maximum Gasteiger partial charge on any atom is 0.419 e. The Balaban J connectivity index is 1.57. The molecule has 3 aromatic carbocycles. The molecular formula is C24H24N2O4S. The van der Waals surface area contributed by atoms with E-state index in [1.165, 1.54) is 22.3 Å². The van der Waals surface area contributed by atoms with Crippen LogP contribution in [0.2, 0.25) is 0 Å². The molecule has 0 aliphatic heterocycles. The Morgan fingerprint density at radius 3 is 2.35 bits per heavy atom. The number of oxazole rings is 1. The van der Waals surface area contributed by atoms with Gasteiger partial charge in [-0.3, -0.25) is 4.57 Å².